The first kappa shape index (κ1) is 27.9. The fourth-order valence-corrected chi connectivity index (χ4v) is 2.67. The molecule has 0 bridgehead atoms. The van der Waals surface area contributed by atoms with E-state index in [0.717, 1.165) is 48.5 Å². The fourth-order valence-electron chi connectivity index (χ4n) is 2.32. The van der Waals surface area contributed by atoms with Crippen LogP contribution in [0.15, 0.2) is 47.6 Å². The number of nitrogens with two attached hydrogens (primary N) is 2. The first-order valence-corrected chi connectivity index (χ1v) is 10.1. The number of allylic oxidation sites excluding steroid dienone is 4. The van der Waals surface area contributed by atoms with Gasteiger partial charge < -0.3 is 26.5 Å². The smallest absolute Gasteiger partial charge is 0.124 e. The van der Waals surface area contributed by atoms with E-state index in [9.17, 15) is 4.79 Å². The van der Waals surface area contributed by atoms with Crippen LogP contribution in [0.3, 0.4) is 0 Å². The van der Waals surface area contributed by atoms with Crippen molar-refractivity contribution in [1.29, 1.82) is 0 Å². The lowest BCUT2D eigenvalue weighted by Crippen LogP contribution is -2.29. The molecule has 2 aliphatic rings. The predicted molar refractivity (Wildman–Crippen MR) is 123 cm³/mol. The molecule has 1 atom stereocenters. The highest BCUT2D eigenvalue weighted by Crippen LogP contribution is 2.14. The van der Waals surface area contributed by atoms with E-state index in [4.69, 9.17) is 11.5 Å². The van der Waals surface area contributed by atoms with Crippen LogP contribution in [0.25, 0.3) is 0 Å². The van der Waals surface area contributed by atoms with Crippen LogP contribution in [0.2, 0.25) is 0 Å². The Balaban J connectivity index is 0. The molecule has 0 aromatic rings. The summed E-state index contributed by atoms with van der Waals surface area (Å²) in [6.07, 6.45) is 9.87. The average Bonchev–Trinajstić information content (AvgIpc) is 3.21. The molecule has 156 valence electrons. The fraction of sp³-hybridized carbons (Fsp3) is 0.571. The number of rotatable bonds is 5. The molecule has 6 heteroatoms. The minimum absolute atomic E-state index is 0.426. The summed E-state index contributed by atoms with van der Waals surface area (Å²) in [6, 6.07) is 0.625. The summed E-state index contributed by atoms with van der Waals surface area (Å²) in [6.45, 7) is 15.0. The van der Waals surface area contributed by atoms with Crippen molar-refractivity contribution in [2.24, 2.45) is 11.5 Å². The maximum absolute atomic E-state index is 9.93. The number of nitrogens with one attached hydrogen (secondary N) is 1. The van der Waals surface area contributed by atoms with Crippen molar-refractivity contribution in [2.45, 2.75) is 45.6 Å². The molecular weight excluding hydrogens is 356 g/mol. The van der Waals surface area contributed by atoms with Crippen molar-refractivity contribution < 1.29 is 4.79 Å². The molecule has 0 aromatic heterocycles. The Bertz CT molecular complexity index is 469. The van der Waals surface area contributed by atoms with Gasteiger partial charge >= 0.3 is 0 Å². The summed E-state index contributed by atoms with van der Waals surface area (Å²) in [5, 5.41) is 3.28. The van der Waals surface area contributed by atoms with E-state index in [0.29, 0.717) is 12.5 Å². The molecular formula is C21H40N4OS. The van der Waals surface area contributed by atoms with Crippen molar-refractivity contribution in [3.8, 4) is 0 Å². The number of nitrogens with zero attached hydrogens (tertiary/aromatic N) is 1. The number of likely N-dealkylation sites (N-methyl/N-ethyl adjacent to an activating group) is 1. The van der Waals surface area contributed by atoms with Crippen LogP contribution >= 0.6 is 12.6 Å². The van der Waals surface area contributed by atoms with Gasteiger partial charge in [-0.05, 0) is 32.0 Å². The van der Waals surface area contributed by atoms with Crippen LogP contribution in [0.4, 0.5) is 0 Å². The van der Waals surface area contributed by atoms with Gasteiger partial charge in [-0.25, -0.2) is 0 Å². The number of thiol groups is 1. The van der Waals surface area contributed by atoms with Crippen LogP contribution in [-0.4, -0.2) is 50.5 Å². The molecule has 0 aliphatic carbocycles. The monoisotopic (exact) mass is 396 g/mol. The highest BCUT2D eigenvalue weighted by atomic mass is 32.1. The highest BCUT2D eigenvalue weighted by Gasteiger charge is 2.10. The quantitative estimate of drug-likeness (QED) is 0.326. The van der Waals surface area contributed by atoms with Gasteiger partial charge in [0, 0.05) is 49.1 Å². The van der Waals surface area contributed by atoms with E-state index in [1.807, 2.05) is 13.8 Å². The predicted octanol–water partition coefficient (Wildman–Crippen LogP) is 3.02. The Labute approximate surface area is 172 Å². The number of hydrogen-bond acceptors (Lipinski definition) is 6. The molecule has 0 saturated carbocycles. The van der Waals surface area contributed by atoms with Crippen LogP contribution in [-0.2, 0) is 4.79 Å². The Morgan fingerprint density at radius 2 is 2.07 bits per heavy atom. The van der Waals surface area contributed by atoms with Crippen LogP contribution in [0.1, 0.15) is 39.5 Å². The molecule has 0 spiro atoms. The van der Waals surface area contributed by atoms with Gasteiger partial charge in [0.05, 0.1) is 0 Å². The van der Waals surface area contributed by atoms with Crippen molar-refractivity contribution in [2.75, 3.05) is 33.2 Å². The van der Waals surface area contributed by atoms with Gasteiger partial charge in [0.15, 0.2) is 0 Å². The second kappa shape index (κ2) is 19.4. The summed E-state index contributed by atoms with van der Waals surface area (Å²) in [4.78, 5) is 13.2. The Hall–Kier alpha value is -1.34. The van der Waals surface area contributed by atoms with Gasteiger partial charge in [0.25, 0.3) is 0 Å². The number of hydrogen-bond donors (Lipinski definition) is 4. The molecule has 2 rings (SSSR count). The third-order valence-electron chi connectivity index (χ3n) is 3.91. The average molecular weight is 397 g/mol. The topological polar surface area (TPSA) is 84.4 Å². The lowest BCUT2D eigenvalue weighted by Gasteiger charge is -2.22. The Kier molecular flexibility index (Phi) is 20.1. The lowest BCUT2D eigenvalue weighted by molar-refractivity contribution is -0.107. The number of carbonyl (C=O) groups is 1. The molecule has 0 aromatic carbocycles. The third-order valence-corrected chi connectivity index (χ3v) is 4.34. The highest BCUT2D eigenvalue weighted by molar-refractivity contribution is 7.84. The minimum atomic E-state index is 0.426. The van der Waals surface area contributed by atoms with E-state index >= 15 is 0 Å². The van der Waals surface area contributed by atoms with Crippen LogP contribution < -0.4 is 16.8 Å². The summed E-state index contributed by atoms with van der Waals surface area (Å²) in [7, 11) is 2.07. The van der Waals surface area contributed by atoms with E-state index in [-0.39, 0.29) is 0 Å². The molecule has 1 unspecified atom stereocenters. The molecule has 1 saturated heterocycles. The zero-order valence-electron chi connectivity index (χ0n) is 17.4. The van der Waals surface area contributed by atoms with Crippen molar-refractivity contribution in [3.05, 3.63) is 47.6 Å². The van der Waals surface area contributed by atoms with E-state index in [1.165, 1.54) is 19.4 Å². The molecule has 2 aliphatic heterocycles. The molecule has 27 heavy (non-hydrogen) atoms. The largest absolute Gasteiger partial charge is 0.401 e. The minimum Gasteiger partial charge on any atom is -0.401 e. The zero-order valence-corrected chi connectivity index (χ0v) is 18.3. The van der Waals surface area contributed by atoms with Crippen molar-refractivity contribution >= 4 is 18.9 Å². The van der Waals surface area contributed by atoms with Gasteiger partial charge in [-0.2, -0.15) is 0 Å². The maximum Gasteiger partial charge on any atom is 0.124 e. The van der Waals surface area contributed by atoms with Crippen LogP contribution in [0, 0.1) is 0 Å². The van der Waals surface area contributed by atoms with E-state index in [2.05, 4.69) is 43.1 Å². The first-order valence-electron chi connectivity index (χ1n) is 9.64. The third kappa shape index (κ3) is 15.4. The summed E-state index contributed by atoms with van der Waals surface area (Å²) < 4.78 is 0. The molecule has 0 amide bonds. The summed E-state index contributed by atoms with van der Waals surface area (Å²) in [5.74, 6) is 0. The normalized spacial score (nSPS) is 19.4. The summed E-state index contributed by atoms with van der Waals surface area (Å²) in [5.41, 5.74) is 12.8. The second-order valence-electron chi connectivity index (χ2n) is 6.04. The Morgan fingerprint density at radius 1 is 1.41 bits per heavy atom. The van der Waals surface area contributed by atoms with Gasteiger partial charge in [-0.3, -0.25) is 0 Å². The molecule has 2 heterocycles. The van der Waals surface area contributed by atoms with E-state index in [1.54, 1.807) is 18.2 Å². The van der Waals surface area contributed by atoms with Gasteiger partial charge in [-0.15, -0.1) is 12.6 Å². The van der Waals surface area contributed by atoms with Crippen molar-refractivity contribution in [3.63, 3.8) is 0 Å². The second-order valence-corrected chi connectivity index (χ2v) is 6.58. The Morgan fingerprint density at radius 3 is 2.41 bits per heavy atom. The summed E-state index contributed by atoms with van der Waals surface area (Å²) >= 11 is 4.23. The zero-order chi connectivity index (χ0) is 21.1. The van der Waals surface area contributed by atoms with Crippen LogP contribution in [0.5, 0.6) is 0 Å². The van der Waals surface area contributed by atoms with Gasteiger partial charge in [0.2, 0.25) is 0 Å². The molecule has 0 radical (unpaired) electrons. The molecule has 1 fully saturated rings. The maximum atomic E-state index is 9.93. The van der Waals surface area contributed by atoms with Crippen molar-refractivity contribution in [1.82, 2.24) is 10.2 Å². The van der Waals surface area contributed by atoms with Gasteiger partial charge in [0.1, 0.15) is 6.29 Å². The number of aldehydes is 1. The van der Waals surface area contributed by atoms with E-state index < -0.39 is 0 Å². The molecule has 5 N–H and O–H groups in total. The molecule has 5 nitrogen and oxygen atoms in total. The SMILES string of the molecule is C=C/C=C(\C=C)CC=O.CC.CN1CCC(N)=C(S)C1.NCC1CCCN1. The van der Waals surface area contributed by atoms with Gasteiger partial charge in [-0.1, -0.05) is 45.2 Å². The standard InChI is InChI=1S/C8H10O.C6H12N2S.C5H12N2.C2H6/c1-3-5-8(4-2)6-7-9;1-8-3-2-5(7)6(9)4-8;6-4-5-2-1-3-7-5;1-2/h3-5,7H,1-2,6H2;9H,2-4,7H2,1H3;5,7H,1-4,6H2;1-2H3/b8-5+;;;. The number of carbonyl (C=O) groups excluding carboxylic acids is 1. The lowest BCUT2D eigenvalue weighted by atomic mass is 10.2. The first-order chi connectivity index (χ1) is 13.0.